The Hall–Kier alpha value is -3.14. The second-order valence-electron chi connectivity index (χ2n) is 6.77. The first-order valence-corrected chi connectivity index (χ1v) is 10.1. The van der Waals surface area contributed by atoms with Crippen molar-refractivity contribution in [2.75, 3.05) is 25.0 Å². The van der Waals surface area contributed by atoms with Crippen molar-refractivity contribution < 1.29 is 32.2 Å². The van der Waals surface area contributed by atoms with Crippen LogP contribution in [0, 0.1) is 6.92 Å². The number of alkyl halides is 3. The Morgan fingerprint density at radius 1 is 1.19 bits per heavy atom. The van der Waals surface area contributed by atoms with E-state index in [0.717, 1.165) is 23.4 Å². The van der Waals surface area contributed by atoms with Crippen LogP contribution in [-0.4, -0.2) is 30.5 Å². The van der Waals surface area contributed by atoms with Gasteiger partial charge in [0.05, 0.1) is 34.7 Å². The van der Waals surface area contributed by atoms with Gasteiger partial charge in [-0.05, 0) is 36.8 Å². The summed E-state index contributed by atoms with van der Waals surface area (Å²) in [6, 6.07) is 8.94. The minimum absolute atomic E-state index is 0.0583. The maximum absolute atomic E-state index is 13.7. The lowest BCUT2D eigenvalue weighted by molar-refractivity contribution is -0.136. The Morgan fingerprint density at radius 2 is 1.94 bits per heavy atom. The molecule has 1 aromatic heterocycles. The minimum Gasteiger partial charge on any atom is -0.495 e. The zero-order valence-corrected chi connectivity index (χ0v) is 17.3. The Balaban J connectivity index is 1.58. The number of benzene rings is 2. The molecule has 0 aliphatic carbocycles. The number of methoxy groups -OCH3 is 1. The van der Waals surface area contributed by atoms with Crippen molar-refractivity contribution in [3.63, 3.8) is 0 Å². The Morgan fingerprint density at radius 3 is 2.65 bits per heavy atom. The first kappa shape index (κ1) is 21.1. The van der Waals surface area contributed by atoms with E-state index in [1.165, 1.54) is 19.2 Å². The van der Waals surface area contributed by atoms with Crippen molar-refractivity contribution in [1.82, 2.24) is 4.98 Å². The molecule has 162 valence electrons. The first-order valence-electron chi connectivity index (χ1n) is 9.13. The van der Waals surface area contributed by atoms with Crippen LogP contribution in [0.15, 0.2) is 41.4 Å². The van der Waals surface area contributed by atoms with Gasteiger partial charge in [0.15, 0.2) is 11.5 Å². The molecule has 0 saturated carbocycles. The zero-order valence-electron chi connectivity index (χ0n) is 16.5. The summed E-state index contributed by atoms with van der Waals surface area (Å²) in [5.74, 6) is 0.543. The molecule has 0 saturated heterocycles. The summed E-state index contributed by atoms with van der Waals surface area (Å²) < 4.78 is 56.6. The zero-order chi connectivity index (χ0) is 22.2. The van der Waals surface area contributed by atoms with Crippen LogP contribution in [0.3, 0.4) is 0 Å². The number of pyridine rings is 1. The molecule has 2 heterocycles. The molecule has 10 heteroatoms. The van der Waals surface area contributed by atoms with Crippen molar-refractivity contribution in [2.45, 2.75) is 18.1 Å². The quantitative estimate of drug-likeness (QED) is 0.550. The van der Waals surface area contributed by atoms with Crippen LogP contribution in [-0.2, 0) is 11.0 Å². The summed E-state index contributed by atoms with van der Waals surface area (Å²) in [5.41, 5.74) is 0.679. The lowest BCUT2D eigenvalue weighted by Gasteiger charge is -2.13. The summed E-state index contributed by atoms with van der Waals surface area (Å²) in [7, 11) is 1.48. The third-order valence-electron chi connectivity index (χ3n) is 4.57. The molecule has 0 fully saturated rings. The number of rotatable bonds is 5. The van der Waals surface area contributed by atoms with E-state index in [1.807, 2.05) is 13.0 Å². The maximum atomic E-state index is 13.7. The van der Waals surface area contributed by atoms with Gasteiger partial charge in [0, 0.05) is 11.5 Å². The highest BCUT2D eigenvalue weighted by molar-refractivity contribution is 7.99. The highest BCUT2D eigenvalue weighted by Gasteiger charge is 2.34. The molecule has 1 aliphatic heterocycles. The second-order valence-corrected chi connectivity index (χ2v) is 7.76. The van der Waals surface area contributed by atoms with Gasteiger partial charge in [-0.3, -0.25) is 4.79 Å². The molecule has 31 heavy (non-hydrogen) atoms. The van der Waals surface area contributed by atoms with E-state index in [0.29, 0.717) is 17.2 Å². The van der Waals surface area contributed by atoms with Gasteiger partial charge in [0.25, 0.3) is 0 Å². The topological polar surface area (TPSA) is 69.7 Å². The van der Waals surface area contributed by atoms with Gasteiger partial charge in [0.2, 0.25) is 12.7 Å². The normalized spacial score (nSPS) is 12.8. The highest BCUT2D eigenvalue weighted by atomic mass is 32.2. The second kappa shape index (κ2) is 8.18. The average molecular weight is 450 g/mol. The first-order chi connectivity index (χ1) is 14.7. The fourth-order valence-electron chi connectivity index (χ4n) is 3.15. The molecule has 0 atom stereocenters. The molecule has 4 rings (SSSR count). The molecule has 6 nitrogen and oxygen atoms in total. The molecule has 1 amide bonds. The molecule has 0 bridgehead atoms. The highest BCUT2D eigenvalue weighted by Crippen LogP contribution is 2.42. The van der Waals surface area contributed by atoms with Crippen LogP contribution < -0.4 is 19.5 Å². The van der Waals surface area contributed by atoms with Crippen molar-refractivity contribution in [3.05, 3.63) is 47.5 Å². The monoisotopic (exact) mass is 450 g/mol. The molecule has 1 aliphatic rings. The third kappa shape index (κ3) is 4.48. The number of thioether (sulfide) groups is 1. The Kier molecular flexibility index (Phi) is 5.57. The lowest BCUT2D eigenvalue weighted by atomic mass is 10.1. The number of carbonyl (C=O) groups is 1. The molecule has 0 unspecified atom stereocenters. The fraction of sp³-hybridized carbons (Fsp3) is 0.238. The smallest absolute Gasteiger partial charge is 0.417 e. The van der Waals surface area contributed by atoms with Gasteiger partial charge in [-0.1, -0.05) is 17.8 Å². The third-order valence-corrected chi connectivity index (χ3v) is 5.48. The van der Waals surface area contributed by atoms with Crippen molar-refractivity contribution >= 4 is 34.3 Å². The van der Waals surface area contributed by atoms with Gasteiger partial charge in [-0.15, -0.1) is 0 Å². The number of aromatic nitrogens is 1. The van der Waals surface area contributed by atoms with E-state index < -0.39 is 17.6 Å². The summed E-state index contributed by atoms with van der Waals surface area (Å²) >= 11 is 0.908. The molecule has 0 spiro atoms. The molecule has 0 radical (unpaired) electrons. The Bertz CT molecular complexity index is 1170. The van der Waals surface area contributed by atoms with Gasteiger partial charge in [0.1, 0.15) is 5.75 Å². The Labute approximate surface area is 179 Å². The minimum atomic E-state index is -4.60. The average Bonchev–Trinajstić information content (AvgIpc) is 3.16. The van der Waals surface area contributed by atoms with Gasteiger partial charge < -0.3 is 19.5 Å². The summed E-state index contributed by atoms with van der Waals surface area (Å²) in [4.78, 5) is 16.7. The SMILES string of the molecule is COc1ccc(C)cc1NC(=O)CSc1cc(C(F)(F)F)c2cc3c(cc2n1)OCO3. The van der Waals surface area contributed by atoms with E-state index in [1.54, 1.807) is 12.1 Å². The van der Waals surface area contributed by atoms with E-state index in [-0.39, 0.29) is 34.2 Å². The van der Waals surface area contributed by atoms with Crippen LogP contribution in [0.25, 0.3) is 10.9 Å². The molecule has 3 aromatic rings. The number of ether oxygens (including phenoxy) is 3. The summed E-state index contributed by atoms with van der Waals surface area (Å²) in [6.07, 6.45) is -4.60. The molecule has 1 N–H and O–H groups in total. The maximum Gasteiger partial charge on any atom is 0.417 e. The number of nitrogens with one attached hydrogen (secondary N) is 1. The van der Waals surface area contributed by atoms with E-state index in [9.17, 15) is 18.0 Å². The molecular formula is C21H17F3N2O4S. The van der Waals surface area contributed by atoms with Crippen molar-refractivity contribution in [3.8, 4) is 17.2 Å². The summed E-state index contributed by atoms with van der Waals surface area (Å²) in [5, 5.41) is 2.70. The predicted molar refractivity (Wildman–Crippen MR) is 110 cm³/mol. The van der Waals surface area contributed by atoms with Crippen LogP contribution in [0.5, 0.6) is 17.2 Å². The van der Waals surface area contributed by atoms with Gasteiger partial charge >= 0.3 is 6.18 Å². The lowest BCUT2D eigenvalue weighted by Crippen LogP contribution is -2.15. The van der Waals surface area contributed by atoms with Gasteiger partial charge in [-0.2, -0.15) is 13.2 Å². The van der Waals surface area contributed by atoms with Crippen LogP contribution in [0.4, 0.5) is 18.9 Å². The van der Waals surface area contributed by atoms with E-state index in [2.05, 4.69) is 10.3 Å². The van der Waals surface area contributed by atoms with E-state index >= 15 is 0 Å². The van der Waals surface area contributed by atoms with Crippen LogP contribution >= 0.6 is 11.8 Å². The van der Waals surface area contributed by atoms with Crippen molar-refractivity contribution in [1.29, 1.82) is 0 Å². The molecule has 2 aromatic carbocycles. The standard InChI is InChI=1S/C21H17F3N2O4S/c1-11-3-4-16(28-2)15(5-11)25-19(27)9-31-20-7-13(21(22,23)24)12-6-17-18(30-10-29-17)8-14(12)26-20/h3-8H,9-10H2,1-2H3,(H,25,27). The largest absolute Gasteiger partial charge is 0.495 e. The predicted octanol–water partition coefficient (Wildman–Crippen LogP) is 5.03. The number of hydrogen-bond donors (Lipinski definition) is 1. The fourth-order valence-corrected chi connectivity index (χ4v) is 3.86. The summed E-state index contributed by atoms with van der Waals surface area (Å²) in [6.45, 7) is 1.81. The number of nitrogens with zero attached hydrogens (tertiary/aromatic N) is 1. The number of amides is 1. The van der Waals surface area contributed by atoms with Gasteiger partial charge in [-0.25, -0.2) is 4.98 Å². The number of fused-ring (bicyclic) bond motifs is 2. The number of anilines is 1. The number of hydrogen-bond acceptors (Lipinski definition) is 6. The van der Waals surface area contributed by atoms with Crippen molar-refractivity contribution in [2.24, 2.45) is 0 Å². The molecular weight excluding hydrogens is 433 g/mol. The number of aryl methyl sites for hydroxylation is 1. The van der Waals surface area contributed by atoms with E-state index in [4.69, 9.17) is 14.2 Å². The van der Waals surface area contributed by atoms with Crippen LogP contribution in [0.1, 0.15) is 11.1 Å². The number of halogens is 3. The number of carbonyl (C=O) groups excluding carboxylic acids is 1. The van der Waals surface area contributed by atoms with Crippen LogP contribution in [0.2, 0.25) is 0 Å².